The summed E-state index contributed by atoms with van der Waals surface area (Å²) in [6.45, 7) is 0. The van der Waals surface area contributed by atoms with Gasteiger partial charge in [-0.15, -0.1) is 0 Å². The van der Waals surface area contributed by atoms with Crippen molar-refractivity contribution in [3.63, 3.8) is 0 Å². The van der Waals surface area contributed by atoms with Gasteiger partial charge in [0.15, 0.2) is 0 Å². The average molecular weight is 313 g/mol. The number of alkyl halides is 5. The van der Waals surface area contributed by atoms with Gasteiger partial charge in [-0.05, 0) is 18.2 Å². The normalized spacial score (nSPS) is 12.8. The van der Waals surface area contributed by atoms with E-state index in [4.69, 9.17) is 16.3 Å². The molecule has 0 saturated heterocycles. The minimum atomic E-state index is -5.80. The molecule has 3 nitrogen and oxygen atoms in total. The highest BCUT2D eigenvalue weighted by atomic mass is 35.5. The van der Waals surface area contributed by atoms with Crippen LogP contribution in [0.1, 0.15) is 5.82 Å². The molecule has 2 rings (SSSR count). The van der Waals surface area contributed by atoms with Crippen LogP contribution in [0.4, 0.5) is 22.0 Å². The number of aromatic nitrogens is 2. The summed E-state index contributed by atoms with van der Waals surface area (Å²) in [5, 5.41) is -0.388. The van der Waals surface area contributed by atoms with Gasteiger partial charge in [-0.25, -0.2) is 9.97 Å². The van der Waals surface area contributed by atoms with Crippen molar-refractivity contribution in [1.82, 2.24) is 9.97 Å². The van der Waals surface area contributed by atoms with Crippen molar-refractivity contribution in [2.75, 3.05) is 7.11 Å². The zero-order valence-corrected chi connectivity index (χ0v) is 10.6. The van der Waals surface area contributed by atoms with E-state index in [1.54, 1.807) is 0 Å². The number of ether oxygens (including phenoxy) is 1. The monoisotopic (exact) mass is 312 g/mol. The maximum atomic E-state index is 13.2. The van der Waals surface area contributed by atoms with E-state index in [2.05, 4.69) is 9.97 Å². The Bertz CT molecular complexity index is 659. The fourth-order valence-electron chi connectivity index (χ4n) is 1.46. The summed E-state index contributed by atoms with van der Waals surface area (Å²) in [4.78, 5) is 6.27. The van der Waals surface area contributed by atoms with E-state index in [0.717, 1.165) is 0 Å². The Morgan fingerprint density at radius 2 is 1.75 bits per heavy atom. The van der Waals surface area contributed by atoms with Gasteiger partial charge < -0.3 is 4.74 Å². The first-order chi connectivity index (χ1) is 9.16. The van der Waals surface area contributed by atoms with Crippen LogP contribution in [-0.4, -0.2) is 23.3 Å². The molecule has 0 bridgehead atoms. The summed E-state index contributed by atoms with van der Waals surface area (Å²) in [5.74, 6) is -6.52. The predicted octanol–water partition coefficient (Wildman–Crippen LogP) is 3.95. The van der Waals surface area contributed by atoms with Crippen LogP contribution in [0, 0.1) is 0 Å². The number of nitrogens with zero attached hydrogens (tertiary/aromatic N) is 2. The molecule has 20 heavy (non-hydrogen) atoms. The fourth-order valence-corrected chi connectivity index (χ4v) is 1.70. The predicted molar refractivity (Wildman–Crippen MR) is 61.0 cm³/mol. The van der Waals surface area contributed by atoms with Gasteiger partial charge >= 0.3 is 12.1 Å². The summed E-state index contributed by atoms with van der Waals surface area (Å²) in [7, 11) is 1.36. The molecule has 0 atom stereocenters. The zero-order valence-electron chi connectivity index (χ0n) is 9.80. The van der Waals surface area contributed by atoms with Gasteiger partial charge in [0.2, 0.25) is 5.82 Å². The van der Waals surface area contributed by atoms with Gasteiger partial charge in [-0.3, -0.25) is 0 Å². The lowest BCUT2D eigenvalue weighted by atomic mass is 10.2. The largest absolute Gasteiger partial charge is 0.497 e. The molecule has 0 unspecified atom stereocenters. The Hall–Kier alpha value is -1.70. The highest BCUT2D eigenvalue weighted by Crippen LogP contribution is 2.43. The standard InChI is InChI=1S/C11H6ClF5N2O/c1-20-5-2-3-7-6(4-5)8(12)19-9(18-7)10(13,14)11(15,16)17/h2-4H,1H3. The summed E-state index contributed by atoms with van der Waals surface area (Å²) < 4.78 is 68.1. The summed E-state index contributed by atoms with van der Waals surface area (Å²) >= 11 is 5.64. The summed E-state index contributed by atoms with van der Waals surface area (Å²) in [6, 6.07) is 3.92. The Balaban J connectivity index is 2.65. The molecule has 0 N–H and O–H groups in total. The fraction of sp³-hybridized carbons (Fsp3) is 0.273. The lowest BCUT2D eigenvalue weighted by molar-refractivity contribution is -0.292. The van der Waals surface area contributed by atoms with Crippen molar-refractivity contribution < 1.29 is 26.7 Å². The number of hydrogen-bond donors (Lipinski definition) is 0. The molecular weight excluding hydrogens is 307 g/mol. The lowest BCUT2D eigenvalue weighted by Gasteiger charge is -2.18. The van der Waals surface area contributed by atoms with Crippen LogP contribution in [0.3, 0.4) is 0 Å². The first kappa shape index (κ1) is 14.7. The smallest absolute Gasteiger partial charge is 0.461 e. The molecule has 0 aliphatic heterocycles. The van der Waals surface area contributed by atoms with E-state index in [0.29, 0.717) is 5.75 Å². The topological polar surface area (TPSA) is 35.0 Å². The molecule has 0 aliphatic rings. The molecule has 9 heteroatoms. The number of methoxy groups -OCH3 is 1. The van der Waals surface area contributed by atoms with Crippen molar-refractivity contribution >= 4 is 22.5 Å². The molecule has 0 fully saturated rings. The summed E-state index contributed by atoms with van der Waals surface area (Å²) in [5.41, 5.74) is -0.135. The molecule has 1 heterocycles. The second-order valence-corrected chi connectivity index (χ2v) is 4.15. The van der Waals surface area contributed by atoms with Gasteiger partial charge in [-0.1, -0.05) is 11.6 Å². The van der Waals surface area contributed by atoms with Crippen LogP contribution >= 0.6 is 11.6 Å². The second-order valence-electron chi connectivity index (χ2n) is 3.79. The number of hydrogen-bond acceptors (Lipinski definition) is 3. The van der Waals surface area contributed by atoms with Crippen molar-refractivity contribution in [2.45, 2.75) is 12.1 Å². The lowest BCUT2D eigenvalue weighted by Crippen LogP contribution is -2.35. The van der Waals surface area contributed by atoms with Crippen molar-refractivity contribution in [3.8, 4) is 5.75 Å². The van der Waals surface area contributed by atoms with Crippen molar-refractivity contribution in [2.24, 2.45) is 0 Å². The highest BCUT2D eigenvalue weighted by molar-refractivity contribution is 6.34. The summed E-state index contributed by atoms with van der Waals surface area (Å²) in [6.07, 6.45) is -5.80. The van der Waals surface area contributed by atoms with E-state index in [-0.39, 0.29) is 10.9 Å². The van der Waals surface area contributed by atoms with Crippen LogP contribution in [0.15, 0.2) is 18.2 Å². The van der Waals surface area contributed by atoms with Gasteiger partial charge in [0.25, 0.3) is 0 Å². The number of fused-ring (bicyclic) bond motifs is 1. The van der Waals surface area contributed by atoms with Crippen LogP contribution in [0.5, 0.6) is 5.75 Å². The van der Waals surface area contributed by atoms with Gasteiger partial charge in [0.05, 0.1) is 12.6 Å². The Labute approximate surface area is 114 Å². The molecule has 2 aromatic rings. The van der Waals surface area contributed by atoms with E-state index >= 15 is 0 Å². The van der Waals surface area contributed by atoms with Crippen LogP contribution < -0.4 is 4.74 Å². The van der Waals surface area contributed by atoms with E-state index in [9.17, 15) is 22.0 Å². The first-order valence-corrected chi connectivity index (χ1v) is 5.51. The molecule has 1 aromatic carbocycles. The average Bonchev–Trinajstić information content (AvgIpc) is 2.36. The minimum absolute atomic E-state index is 0.118. The van der Waals surface area contributed by atoms with Crippen LogP contribution in [-0.2, 0) is 5.92 Å². The third kappa shape index (κ3) is 2.35. The maximum absolute atomic E-state index is 13.2. The molecule has 0 aliphatic carbocycles. The Morgan fingerprint density at radius 3 is 2.30 bits per heavy atom. The van der Waals surface area contributed by atoms with Gasteiger partial charge in [0, 0.05) is 5.39 Å². The number of halogens is 6. The van der Waals surface area contributed by atoms with E-state index in [1.165, 1.54) is 25.3 Å². The van der Waals surface area contributed by atoms with Gasteiger partial charge in [-0.2, -0.15) is 22.0 Å². The van der Waals surface area contributed by atoms with Crippen LogP contribution in [0.25, 0.3) is 10.9 Å². The third-order valence-corrected chi connectivity index (χ3v) is 2.78. The highest BCUT2D eigenvalue weighted by Gasteiger charge is 2.61. The molecule has 108 valence electrons. The SMILES string of the molecule is COc1ccc2nc(C(F)(F)C(F)(F)F)nc(Cl)c2c1. The second kappa shape index (κ2) is 4.69. The molecule has 0 spiro atoms. The van der Waals surface area contributed by atoms with E-state index in [1.807, 2.05) is 0 Å². The maximum Gasteiger partial charge on any atom is 0.461 e. The molecular formula is C11H6ClF5N2O. The van der Waals surface area contributed by atoms with Crippen molar-refractivity contribution in [1.29, 1.82) is 0 Å². The zero-order chi connectivity index (χ0) is 15.1. The number of rotatable bonds is 2. The minimum Gasteiger partial charge on any atom is -0.497 e. The number of benzene rings is 1. The van der Waals surface area contributed by atoms with E-state index < -0.39 is 23.1 Å². The molecule has 0 saturated carbocycles. The quantitative estimate of drug-likeness (QED) is 0.622. The van der Waals surface area contributed by atoms with Gasteiger partial charge in [0.1, 0.15) is 10.9 Å². The molecule has 0 radical (unpaired) electrons. The Kier molecular flexibility index (Phi) is 3.45. The van der Waals surface area contributed by atoms with Crippen molar-refractivity contribution in [3.05, 3.63) is 29.2 Å². The van der Waals surface area contributed by atoms with Crippen LogP contribution in [0.2, 0.25) is 5.15 Å². The first-order valence-electron chi connectivity index (χ1n) is 5.13. The molecule has 0 amide bonds. The Morgan fingerprint density at radius 1 is 1.10 bits per heavy atom. The third-order valence-electron chi connectivity index (χ3n) is 2.49. The molecule has 1 aromatic heterocycles.